The van der Waals surface area contributed by atoms with Gasteiger partial charge in [-0.2, -0.15) is 0 Å². The number of benzene rings is 2. The lowest BCUT2D eigenvalue weighted by molar-refractivity contribution is 0.415. The molecule has 4 heteroatoms. The summed E-state index contributed by atoms with van der Waals surface area (Å²) < 4.78 is 7.44. The highest BCUT2D eigenvalue weighted by Gasteiger charge is 2.12. The van der Waals surface area contributed by atoms with E-state index in [2.05, 4.69) is 23.3 Å². The van der Waals surface area contributed by atoms with Crippen molar-refractivity contribution in [1.82, 2.24) is 9.55 Å². The zero-order valence-corrected chi connectivity index (χ0v) is 12.6. The van der Waals surface area contributed by atoms with E-state index < -0.39 is 0 Å². The normalized spacial score (nSPS) is 10.8. The van der Waals surface area contributed by atoms with Gasteiger partial charge in [-0.3, -0.25) is 0 Å². The van der Waals surface area contributed by atoms with Gasteiger partial charge in [0, 0.05) is 24.7 Å². The number of nitrogens with zero attached hydrogens (tertiary/aromatic N) is 2. The van der Waals surface area contributed by atoms with E-state index in [-0.39, 0.29) is 0 Å². The first kappa shape index (κ1) is 14.4. The summed E-state index contributed by atoms with van der Waals surface area (Å²) in [4.78, 5) is 4.77. The molecule has 0 spiro atoms. The third-order valence-electron chi connectivity index (χ3n) is 3.71. The lowest BCUT2D eigenvalue weighted by atomic mass is 10.1. The summed E-state index contributed by atoms with van der Waals surface area (Å²) in [7, 11) is 1.66. The van der Waals surface area contributed by atoms with Crippen molar-refractivity contribution in [3.8, 4) is 17.1 Å². The molecular weight excluding hydrogens is 274 g/mol. The Kier molecular flexibility index (Phi) is 3.94. The summed E-state index contributed by atoms with van der Waals surface area (Å²) in [6.45, 7) is 5.10. The second-order valence-corrected chi connectivity index (χ2v) is 5.09. The molecule has 0 fully saturated rings. The first-order valence-electron chi connectivity index (χ1n) is 7.21. The van der Waals surface area contributed by atoms with Crippen LogP contribution in [0.25, 0.3) is 22.4 Å². The molecule has 0 amide bonds. The van der Waals surface area contributed by atoms with Crippen LogP contribution in [0, 0.1) is 0 Å². The molecule has 0 aliphatic heterocycles. The van der Waals surface area contributed by atoms with Crippen molar-refractivity contribution in [3.05, 3.63) is 60.7 Å². The molecule has 112 valence electrons. The maximum absolute atomic E-state index is 5.66. The van der Waals surface area contributed by atoms with Gasteiger partial charge in [0.2, 0.25) is 0 Å². The summed E-state index contributed by atoms with van der Waals surface area (Å²) in [5, 5.41) is 0. The number of nitrogens with two attached hydrogens (primary N) is 1. The van der Waals surface area contributed by atoms with Gasteiger partial charge in [-0.25, -0.2) is 4.98 Å². The molecule has 0 radical (unpaired) electrons. The highest BCUT2D eigenvalue weighted by atomic mass is 16.5. The van der Waals surface area contributed by atoms with E-state index in [1.165, 1.54) is 0 Å². The Labute approximate surface area is 129 Å². The van der Waals surface area contributed by atoms with Crippen LogP contribution in [0.4, 0.5) is 0 Å². The average molecular weight is 293 g/mol. The van der Waals surface area contributed by atoms with E-state index in [9.17, 15) is 0 Å². The molecule has 0 atom stereocenters. The minimum atomic E-state index is 0.542. The van der Waals surface area contributed by atoms with Crippen molar-refractivity contribution in [2.45, 2.75) is 13.1 Å². The molecule has 0 saturated heterocycles. The first-order valence-corrected chi connectivity index (χ1v) is 7.21. The Morgan fingerprint density at radius 3 is 2.64 bits per heavy atom. The summed E-state index contributed by atoms with van der Waals surface area (Å²) in [5.74, 6) is 1.73. The fourth-order valence-corrected chi connectivity index (χ4v) is 2.56. The number of ether oxygens (including phenoxy) is 1. The van der Waals surface area contributed by atoms with Gasteiger partial charge >= 0.3 is 0 Å². The molecule has 1 heterocycles. The van der Waals surface area contributed by atoms with Gasteiger partial charge in [0.25, 0.3) is 0 Å². The van der Waals surface area contributed by atoms with Crippen molar-refractivity contribution < 1.29 is 4.74 Å². The van der Waals surface area contributed by atoms with Crippen LogP contribution in [0.15, 0.2) is 55.1 Å². The third kappa shape index (κ3) is 2.49. The lowest BCUT2D eigenvalue weighted by Gasteiger charge is -2.07. The summed E-state index contributed by atoms with van der Waals surface area (Å²) in [5.41, 5.74) is 9.82. The largest absolute Gasteiger partial charge is 0.497 e. The van der Waals surface area contributed by atoms with Gasteiger partial charge < -0.3 is 15.0 Å². The van der Waals surface area contributed by atoms with Crippen molar-refractivity contribution >= 4 is 11.0 Å². The SMILES string of the molecule is C=CCn1c(-c2ccc(CN)cc2)nc2cc(OC)ccc21. The fraction of sp³-hybridized carbons (Fsp3) is 0.167. The number of methoxy groups -OCH3 is 1. The van der Waals surface area contributed by atoms with Gasteiger partial charge in [0.05, 0.1) is 18.1 Å². The summed E-state index contributed by atoms with van der Waals surface area (Å²) in [6, 6.07) is 14.1. The number of allylic oxidation sites excluding steroid dienone is 1. The van der Waals surface area contributed by atoms with Gasteiger partial charge in [-0.05, 0) is 17.7 Å². The van der Waals surface area contributed by atoms with Crippen LogP contribution < -0.4 is 10.5 Å². The molecule has 2 aromatic carbocycles. The number of hydrogen-bond acceptors (Lipinski definition) is 3. The van der Waals surface area contributed by atoms with Gasteiger partial charge in [0.15, 0.2) is 0 Å². The second kappa shape index (κ2) is 6.03. The maximum atomic E-state index is 5.66. The average Bonchev–Trinajstić information content (AvgIpc) is 2.93. The van der Waals surface area contributed by atoms with Crippen LogP contribution in [0.1, 0.15) is 5.56 Å². The molecular formula is C18H19N3O. The standard InChI is InChI=1S/C18H19N3O/c1-3-10-21-17-9-8-15(22-2)11-16(17)20-18(21)14-6-4-13(12-19)5-7-14/h3-9,11H,1,10,12,19H2,2H3. The van der Waals surface area contributed by atoms with E-state index in [1.54, 1.807) is 7.11 Å². The van der Waals surface area contributed by atoms with E-state index >= 15 is 0 Å². The molecule has 4 nitrogen and oxygen atoms in total. The van der Waals surface area contributed by atoms with E-state index in [4.69, 9.17) is 15.5 Å². The van der Waals surface area contributed by atoms with Crippen LogP contribution in [-0.4, -0.2) is 16.7 Å². The van der Waals surface area contributed by atoms with Crippen LogP contribution in [0.2, 0.25) is 0 Å². The fourth-order valence-electron chi connectivity index (χ4n) is 2.56. The van der Waals surface area contributed by atoms with E-state index in [0.717, 1.165) is 33.7 Å². The number of hydrogen-bond donors (Lipinski definition) is 1. The van der Waals surface area contributed by atoms with Crippen molar-refractivity contribution in [3.63, 3.8) is 0 Å². The van der Waals surface area contributed by atoms with Crippen LogP contribution in [-0.2, 0) is 13.1 Å². The Balaban J connectivity index is 2.17. The minimum Gasteiger partial charge on any atom is -0.497 e. The summed E-state index contributed by atoms with van der Waals surface area (Å²) in [6.07, 6.45) is 1.88. The molecule has 0 aliphatic rings. The minimum absolute atomic E-state index is 0.542. The topological polar surface area (TPSA) is 53.1 Å². The predicted molar refractivity (Wildman–Crippen MR) is 89.8 cm³/mol. The highest BCUT2D eigenvalue weighted by Crippen LogP contribution is 2.27. The van der Waals surface area contributed by atoms with Crippen LogP contribution in [0.3, 0.4) is 0 Å². The highest BCUT2D eigenvalue weighted by molar-refractivity contribution is 5.82. The monoisotopic (exact) mass is 293 g/mol. The van der Waals surface area contributed by atoms with Gasteiger partial charge in [-0.15, -0.1) is 6.58 Å². The number of fused-ring (bicyclic) bond motifs is 1. The molecule has 1 aromatic heterocycles. The predicted octanol–water partition coefficient (Wildman–Crippen LogP) is 3.36. The smallest absolute Gasteiger partial charge is 0.141 e. The lowest BCUT2D eigenvalue weighted by Crippen LogP contribution is -1.99. The molecule has 0 aliphatic carbocycles. The van der Waals surface area contributed by atoms with Crippen molar-refractivity contribution in [1.29, 1.82) is 0 Å². The third-order valence-corrected chi connectivity index (χ3v) is 3.71. The zero-order chi connectivity index (χ0) is 15.5. The van der Waals surface area contributed by atoms with Gasteiger partial charge in [0.1, 0.15) is 11.6 Å². The van der Waals surface area contributed by atoms with Crippen LogP contribution in [0.5, 0.6) is 5.75 Å². The van der Waals surface area contributed by atoms with Gasteiger partial charge in [-0.1, -0.05) is 30.3 Å². The molecule has 3 aromatic rings. The second-order valence-electron chi connectivity index (χ2n) is 5.09. The number of imidazole rings is 1. The maximum Gasteiger partial charge on any atom is 0.141 e. The van der Waals surface area contributed by atoms with E-state index in [1.807, 2.05) is 36.4 Å². The Hall–Kier alpha value is -2.59. The van der Waals surface area contributed by atoms with Crippen LogP contribution >= 0.6 is 0 Å². The molecule has 0 saturated carbocycles. The number of aromatic nitrogens is 2. The first-order chi connectivity index (χ1) is 10.8. The molecule has 0 unspecified atom stereocenters. The Bertz CT molecular complexity index is 803. The van der Waals surface area contributed by atoms with E-state index in [0.29, 0.717) is 13.1 Å². The molecule has 3 rings (SSSR count). The Morgan fingerprint density at radius 1 is 1.23 bits per heavy atom. The van der Waals surface area contributed by atoms with Crippen molar-refractivity contribution in [2.24, 2.45) is 5.73 Å². The van der Waals surface area contributed by atoms with Crippen molar-refractivity contribution in [2.75, 3.05) is 7.11 Å². The molecule has 22 heavy (non-hydrogen) atoms. The quantitative estimate of drug-likeness (QED) is 0.734. The number of rotatable bonds is 5. The zero-order valence-electron chi connectivity index (χ0n) is 12.6. The molecule has 0 bridgehead atoms. The molecule has 2 N–H and O–H groups in total. The Morgan fingerprint density at radius 2 is 2.00 bits per heavy atom. The summed E-state index contributed by atoms with van der Waals surface area (Å²) >= 11 is 0.